The molecular weight excluding hydrogens is 156 g/mol. The largest absolute Gasteiger partial charge is 0.103 e. The highest BCUT2D eigenvalue weighted by Crippen LogP contribution is 2.52. The summed E-state index contributed by atoms with van der Waals surface area (Å²) < 4.78 is 0. The quantitative estimate of drug-likeness (QED) is 0.553. The molecule has 2 fully saturated rings. The molecular formula is C13H22. The molecule has 0 unspecified atom stereocenters. The predicted octanol–water partition coefficient (Wildman–Crippen LogP) is 4.31. The van der Waals surface area contributed by atoms with Crippen LogP contribution in [0.2, 0.25) is 0 Å². The Morgan fingerprint density at radius 2 is 1.69 bits per heavy atom. The third kappa shape index (κ3) is 1.68. The van der Waals surface area contributed by atoms with Crippen molar-refractivity contribution in [3.8, 4) is 0 Å². The Labute approximate surface area is 82.4 Å². The zero-order valence-corrected chi connectivity index (χ0v) is 8.73. The molecule has 0 aliphatic heterocycles. The van der Waals surface area contributed by atoms with Crippen molar-refractivity contribution >= 4 is 0 Å². The molecule has 0 heteroatoms. The minimum absolute atomic E-state index is 0.707. The van der Waals surface area contributed by atoms with Crippen LogP contribution in [0, 0.1) is 11.3 Å². The lowest BCUT2D eigenvalue weighted by Crippen LogP contribution is -2.36. The van der Waals surface area contributed by atoms with Gasteiger partial charge in [0.05, 0.1) is 0 Å². The van der Waals surface area contributed by atoms with E-state index in [0.717, 1.165) is 5.92 Å². The molecule has 0 saturated heterocycles. The fourth-order valence-corrected chi connectivity index (χ4v) is 3.68. The van der Waals surface area contributed by atoms with Gasteiger partial charge in [0.25, 0.3) is 0 Å². The summed E-state index contributed by atoms with van der Waals surface area (Å²) in [5.74, 6) is 1.05. The second kappa shape index (κ2) is 3.86. The highest BCUT2D eigenvalue weighted by Gasteiger charge is 2.40. The number of hydrogen-bond donors (Lipinski definition) is 0. The van der Waals surface area contributed by atoms with Crippen LogP contribution in [0.15, 0.2) is 12.7 Å². The molecule has 13 heavy (non-hydrogen) atoms. The Hall–Kier alpha value is -0.260. The van der Waals surface area contributed by atoms with Crippen LogP contribution in [0.4, 0.5) is 0 Å². The van der Waals surface area contributed by atoms with Crippen LogP contribution in [0.25, 0.3) is 0 Å². The molecule has 0 amide bonds. The van der Waals surface area contributed by atoms with Crippen LogP contribution < -0.4 is 0 Å². The molecule has 0 radical (unpaired) electrons. The third-order valence-corrected chi connectivity index (χ3v) is 4.37. The maximum Gasteiger partial charge on any atom is -0.0235 e. The van der Waals surface area contributed by atoms with Gasteiger partial charge in [0.15, 0.2) is 0 Å². The van der Waals surface area contributed by atoms with Crippen molar-refractivity contribution in [3.05, 3.63) is 12.7 Å². The number of rotatable bonds is 2. The number of allylic oxidation sites excluding steroid dienone is 1. The summed E-state index contributed by atoms with van der Waals surface area (Å²) in [4.78, 5) is 0. The van der Waals surface area contributed by atoms with Crippen LogP contribution in [-0.4, -0.2) is 0 Å². The van der Waals surface area contributed by atoms with E-state index in [1.807, 2.05) is 0 Å². The van der Waals surface area contributed by atoms with Crippen molar-refractivity contribution in [2.45, 2.75) is 57.8 Å². The molecule has 2 aliphatic rings. The van der Waals surface area contributed by atoms with Gasteiger partial charge >= 0.3 is 0 Å². The zero-order valence-electron chi connectivity index (χ0n) is 8.73. The van der Waals surface area contributed by atoms with Crippen molar-refractivity contribution in [2.75, 3.05) is 0 Å². The summed E-state index contributed by atoms with van der Waals surface area (Å²) in [5.41, 5.74) is 0.707. The van der Waals surface area contributed by atoms with Crippen molar-refractivity contribution < 1.29 is 0 Å². The van der Waals surface area contributed by atoms with Gasteiger partial charge in [0, 0.05) is 0 Å². The van der Waals surface area contributed by atoms with Crippen LogP contribution in [-0.2, 0) is 0 Å². The van der Waals surface area contributed by atoms with Gasteiger partial charge < -0.3 is 0 Å². The smallest absolute Gasteiger partial charge is 0.0235 e. The maximum absolute atomic E-state index is 3.94. The van der Waals surface area contributed by atoms with Crippen LogP contribution in [0.3, 0.4) is 0 Å². The average Bonchev–Trinajstić information content (AvgIpc) is 2.18. The molecule has 0 atom stereocenters. The standard InChI is InChI=1S/C13H22/c1-2-9-13-10-5-3-7-12(13)8-4-6-11-13/h2,12H,1,3-11H2. The third-order valence-electron chi connectivity index (χ3n) is 4.37. The number of fused-ring (bicyclic) bond motifs is 1. The van der Waals surface area contributed by atoms with Gasteiger partial charge in [-0.1, -0.05) is 31.8 Å². The minimum Gasteiger partial charge on any atom is -0.103 e. The Morgan fingerprint density at radius 3 is 2.23 bits per heavy atom. The van der Waals surface area contributed by atoms with Gasteiger partial charge in [-0.2, -0.15) is 0 Å². The molecule has 0 spiro atoms. The van der Waals surface area contributed by atoms with Crippen molar-refractivity contribution in [3.63, 3.8) is 0 Å². The van der Waals surface area contributed by atoms with Crippen molar-refractivity contribution in [2.24, 2.45) is 11.3 Å². The second-order valence-corrected chi connectivity index (χ2v) is 5.04. The van der Waals surface area contributed by atoms with Crippen LogP contribution in [0.5, 0.6) is 0 Å². The van der Waals surface area contributed by atoms with Crippen molar-refractivity contribution in [1.82, 2.24) is 0 Å². The summed E-state index contributed by atoms with van der Waals surface area (Å²) in [6.07, 6.45) is 15.4. The summed E-state index contributed by atoms with van der Waals surface area (Å²) in [7, 11) is 0. The lowest BCUT2D eigenvalue weighted by molar-refractivity contribution is 0.0482. The first-order valence-electron chi connectivity index (χ1n) is 5.98. The van der Waals surface area contributed by atoms with E-state index >= 15 is 0 Å². The summed E-state index contributed by atoms with van der Waals surface area (Å²) in [5, 5.41) is 0. The molecule has 2 saturated carbocycles. The maximum atomic E-state index is 3.94. The fourth-order valence-electron chi connectivity index (χ4n) is 3.68. The van der Waals surface area contributed by atoms with Gasteiger partial charge in [-0.15, -0.1) is 6.58 Å². The summed E-state index contributed by atoms with van der Waals surface area (Å²) in [6, 6.07) is 0. The molecule has 2 aliphatic carbocycles. The van der Waals surface area contributed by atoms with E-state index in [1.165, 1.54) is 57.8 Å². The minimum atomic E-state index is 0.707. The topological polar surface area (TPSA) is 0 Å². The van der Waals surface area contributed by atoms with Gasteiger partial charge in [-0.25, -0.2) is 0 Å². The molecule has 0 aromatic carbocycles. The summed E-state index contributed by atoms with van der Waals surface area (Å²) in [6.45, 7) is 3.94. The SMILES string of the molecule is C=CCC12CCCCC1CCCC2. The van der Waals surface area contributed by atoms with Crippen molar-refractivity contribution in [1.29, 1.82) is 0 Å². The normalized spacial score (nSPS) is 39.5. The molecule has 0 aromatic rings. The molecule has 74 valence electrons. The first kappa shape index (κ1) is 9.30. The van der Waals surface area contributed by atoms with E-state index in [1.54, 1.807) is 0 Å². The molecule has 0 heterocycles. The van der Waals surface area contributed by atoms with Crippen LogP contribution >= 0.6 is 0 Å². The van der Waals surface area contributed by atoms with Gasteiger partial charge in [0.1, 0.15) is 0 Å². The summed E-state index contributed by atoms with van der Waals surface area (Å²) >= 11 is 0. The Kier molecular flexibility index (Phi) is 2.76. The zero-order chi connectivity index (χ0) is 9.15. The first-order chi connectivity index (χ1) is 6.37. The highest BCUT2D eigenvalue weighted by atomic mass is 14.5. The first-order valence-corrected chi connectivity index (χ1v) is 5.98. The van der Waals surface area contributed by atoms with Crippen LogP contribution in [0.1, 0.15) is 57.8 Å². The Bertz CT molecular complexity index is 168. The lowest BCUT2D eigenvalue weighted by Gasteiger charge is -2.47. The van der Waals surface area contributed by atoms with E-state index < -0.39 is 0 Å². The monoisotopic (exact) mass is 178 g/mol. The highest BCUT2D eigenvalue weighted by molar-refractivity contribution is 4.96. The predicted molar refractivity (Wildman–Crippen MR) is 57.7 cm³/mol. The van der Waals surface area contributed by atoms with E-state index in [9.17, 15) is 0 Å². The van der Waals surface area contributed by atoms with E-state index in [-0.39, 0.29) is 0 Å². The van der Waals surface area contributed by atoms with Gasteiger partial charge in [0.2, 0.25) is 0 Å². The van der Waals surface area contributed by atoms with E-state index in [0.29, 0.717) is 5.41 Å². The van der Waals surface area contributed by atoms with E-state index in [2.05, 4.69) is 12.7 Å². The van der Waals surface area contributed by atoms with E-state index in [4.69, 9.17) is 0 Å². The molecule has 0 bridgehead atoms. The lowest BCUT2D eigenvalue weighted by atomic mass is 9.58. The molecule has 0 aromatic heterocycles. The fraction of sp³-hybridized carbons (Fsp3) is 0.846. The Morgan fingerprint density at radius 1 is 1.08 bits per heavy atom. The molecule has 0 N–H and O–H groups in total. The second-order valence-electron chi connectivity index (χ2n) is 5.04. The van der Waals surface area contributed by atoms with Gasteiger partial charge in [-0.3, -0.25) is 0 Å². The molecule has 2 rings (SSSR count). The van der Waals surface area contributed by atoms with Gasteiger partial charge in [-0.05, 0) is 43.4 Å². The molecule has 0 nitrogen and oxygen atoms in total. The Balaban J connectivity index is 2.11. The number of hydrogen-bond acceptors (Lipinski definition) is 0. The average molecular weight is 178 g/mol.